The van der Waals surface area contributed by atoms with Gasteiger partial charge in [-0.3, -0.25) is 9.59 Å². The quantitative estimate of drug-likeness (QED) is 0.771. The van der Waals surface area contributed by atoms with Gasteiger partial charge in [-0.25, -0.2) is 0 Å². The van der Waals surface area contributed by atoms with Crippen LogP contribution in [0.1, 0.15) is 62.1 Å². The van der Waals surface area contributed by atoms with E-state index in [4.69, 9.17) is 0 Å². The second-order valence-electron chi connectivity index (χ2n) is 11.6. The smallest absolute Gasteiger partial charge is 0.255 e. The lowest BCUT2D eigenvalue weighted by Gasteiger charge is -2.57. The van der Waals surface area contributed by atoms with Crippen LogP contribution >= 0.6 is 0 Å². The molecule has 5 nitrogen and oxygen atoms in total. The monoisotopic (exact) mass is 409 g/mol. The van der Waals surface area contributed by atoms with E-state index in [2.05, 4.69) is 15.9 Å². The Morgan fingerprint density at radius 1 is 0.967 bits per heavy atom. The summed E-state index contributed by atoms with van der Waals surface area (Å²) >= 11 is 0. The highest BCUT2D eigenvalue weighted by atomic mass is 16.2. The molecule has 3 heterocycles. The van der Waals surface area contributed by atoms with Gasteiger partial charge in [-0.15, -0.1) is 0 Å². The number of nitrogens with zero attached hydrogens (tertiary/aromatic N) is 3. The number of hydrogen-bond acceptors (Lipinski definition) is 3. The zero-order chi connectivity index (χ0) is 20.6. The zero-order valence-corrected chi connectivity index (χ0v) is 18.5. The summed E-state index contributed by atoms with van der Waals surface area (Å²) in [7, 11) is 4.01. The molecule has 6 bridgehead atoms. The van der Waals surface area contributed by atoms with Crippen molar-refractivity contribution >= 4 is 5.91 Å². The number of amides is 1. The van der Waals surface area contributed by atoms with Crippen LogP contribution in [0.2, 0.25) is 0 Å². The van der Waals surface area contributed by atoms with Gasteiger partial charge in [-0.05, 0) is 88.8 Å². The number of carbonyl (C=O) groups excluding carboxylic acids is 1. The van der Waals surface area contributed by atoms with Crippen LogP contribution in [0.4, 0.5) is 0 Å². The fraction of sp³-hybridized carbons (Fsp3) is 0.760. The van der Waals surface area contributed by atoms with E-state index in [1.165, 1.54) is 19.3 Å². The molecule has 162 valence electrons. The first-order valence-electron chi connectivity index (χ1n) is 12.1. The number of pyridine rings is 1. The normalized spacial score (nSPS) is 38.8. The molecular weight excluding hydrogens is 374 g/mol. The Morgan fingerprint density at radius 2 is 1.63 bits per heavy atom. The van der Waals surface area contributed by atoms with Crippen molar-refractivity contribution < 1.29 is 4.79 Å². The lowest BCUT2D eigenvalue weighted by Crippen LogP contribution is -2.58. The SMILES string of the molecule is CN(C)Cc1ccc2n(c1=O)C[C@H]1C[C@@H]2CN(C(=O)C23CC4CC(CC(C4)C2)C3)C1. The minimum absolute atomic E-state index is 0.0460. The van der Waals surface area contributed by atoms with Crippen LogP contribution < -0.4 is 5.56 Å². The van der Waals surface area contributed by atoms with Gasteiger partial charge in [0.25, 0.3) is 5.56 Å². The summed E-state index contributed by atoms with van der Waals surface area (Å²) in [5.74, 6) is 3.62. The van der Waals surface area contributed by atoms with Gasteiger partial charge in [0, 0.05) is 43.4 Å². The minimum atomic E-state index is -0.0460. The van der Waals surface area contributed by atoms with E-state index in [-0.39, 0.29) is 11.0 Å². The molecule has 1 amide bonds. The average molecular weight is 410 g/mol. The van der Waals surface area contributed by atoms with Crippen molar-refractivity contribution in [2.24, 2.45) is 29.1 Å². The van der Waals surface area contributed by atoms with E-state index in [0.717, 1.165) is 74.3 Å². The zero-order valence-electron chi connectivity index (χ0n) is 18.5. The molecule has 0 radical (unpaired) electrons. The maximum atomic E-state index is 13.9. The number of carbonyl (C=O) groups is 1. The van der Waals surface area contributed by atoms with Crippen LogP contribution in [0, 0.1) is 29.1 Å². The minimum Gasteiger partial charge on any atom is -0.341 e. The average Bonchev–Trinajstić information content (AvgIpc) is 2.68. The molecule has 30 heavy (non-hydrogen) atoms. The van der Waals surface area contributed by atoms with Crippen LogP contribution in [0.3, 0.4) is 0 Å². The number of likely N-dealkylation sites (tertiary alicyclic amines) is 1. The van der Waals surface area contributed by atoms with Crippen LogP contribution in [0.15, 0.2) is 16.9 Å². The van der Waals surface area contributed by atoms with E-state index in [1.54, 1.807) is 0 Å². The van der Waals surface area contributed by atoms with Crippen LogP contribution in [-0.4, -0.2) is 47.5 Å². The molecule has 6 aliphatic rings. The highest BCUT2D eigenvalue weighted by Crippen LogP contribution is 2.60. The number of rotatable bonds is 3. The van der Waals surface area contributed by atoms with Crippen LogP contribution in [-0.2, 0) is 17.9 Å². The number of hydrogen-bond donors (Lipinski definition) is 0. The molecule has 0 aromatic carbocycles. The molecular formula is C25H35N3O2. The molecule has 5 fully saturated rings. The Balaban J connectivity index is 1.26. The van der Waals surface area contributed by atoms with Crippen LogP contribution in [0.25, 0.3) is 0 Å². The summed E-state index contributed by atoms with van der Waals surface area (Å²) in [6.07, 6.45) is 8.70. The fourth-order valence-electron chi connectivity index (χ4n) is 8.33. The van der Waals surface area contributed by atoms with E-state index < -0.39 is 0 Å². The summed E-state index contributed by atoms with van der Waals surface area (Å²) in [6.45, 7) is 3.12. The molecule has 7 rings (SSSR count). The predicted octanol–water partition coefficient (Wildman–Crippen LogP) is 3.07. The van der Waals surface area contributed by atoms with E-state index in [0.29, 0.717) is 24.3 Å². The van der Waals surface area contributed by atoms with Gasteiger partial charge in [0.15, 0.2) is 0 Å². The molecule has 4 aliphatic carbocycles. The van der Waals surface area contributed by atoms with Crippen molar-refractivity contribution in [2.45, 2.75) is 64.0 Å². The maximum Gasteiger partial charge on any atom is 0.255 e. The number of aromatic nitrogens is 1. The molecule has 5 heteroatoms. The Morgan fingerprint density at radius 3 is 2.27 bits per heavy atom. The first-order chi connectivity index (χ1) is 14.4. The van der Waals surface area contributed by atoms with Crippen molar-refractivity contribution in [2.75, 3.05) is 27.2 Å². The fourth-order valence-corrected chi connectivity index (χ4v) is 8.33. The van der Waals surface area contributed by atoms with Gasteiger partial charge in [0.2, 0.25) is 5.91 Å². The Labute approximate surface area is 179 Å². The molecule has 2 atom stereocenters. The maximum absolute atomic E-state index is 13.9. The molecule has 2 aliphatic heterocycles. The predicted molar refractivity (Wildman–Crippen MR) is 116 cm³/mol. The summed E-state index contributed by atoms with van der Waals surface area (Å²) in [4.78, 5) is 31.3. The summed E-state index contributed by atoms with van der Waals surface area (Å²) in [5.41, 5.74) is 2.17. The van der Waals surface area contributed by atoms with Crippen LogP contribution in [0.5, 0.6) is 0 Å². The second-order valence-corrected chi connectivity index (χ2v) is 11.6. The molecule has 1 aromatic rings. The molecule has 0 N–H and O–H groups in total. The molecule has 0 unspecified atom stereocenters. The third-order valence-electron chi connectivity index (χ3n) is 8.95. The van der Waals surface area contributed by atoms with E-state index in [9.17, 15) is 9.59 Å². The highest BCUT2D eigenvalue weighted by Gasteiger charge is 2.56. The second kappa shape index (κ2) is 6.69. The van der Waals surface area contributed by atoms with Gasteiger partial charge in [0.05, 0.1) is 5.41 Å². The Bertz CT molecular complexity index is 898. The lowest BCUT2D eigenvalue weighted by molar-refractivity contribution is -0.160. The third-order valence-corrected chi connectivity index (χ3v) is 8.95. The lowest BCUT2D eigenvalue weighted by atomic mass is 9.49. The van der Waals surface area contributed by atoms with Gasteiger partial charge in [0.1, 0.15) is 0 Å². The van der Waals surface area contributed by atoms with Crippen molar-refractivity contribution in [3.05, 3.63) is 33.7 Å². The van der Waals surface area contributed by atoms with Crippen molar-refractivity contribution in [3.8, 4) is 0 Å². The van der Waals surface area contributed by atoms with Gasteiger partial charge in [-0.1, -0.05) is 6.07 Å². The first-order valence-corrected chi connectivity index (χ1v) is 12.1. The van der Waals surface area contributed by atoms with Gasteiger partial charge < -0.3 is 14.4 Å². The Hall–Kier alpha value is -1.62. The van der Waals surface area contributed by atoms with Gasteiger partial charge in [-0.2, -0.15) is 0 Å². The molecule has 1 saturated heterocycles. The largest absolute Gasteiger partial charge is 0.341 e. The molecule has 0 spiro atoms. The topological polar surface area (TPSA) is 45.6 Å². The van der Waals surface area contributed by atoms with Gasteiger partial charge >= 0.3 is 0 Å². The number of fused-ring (bicyclic) bond motifs is 4. The molecule has 4 saturated carbocycles. The Kier molecular flexibility index (Phi) is 4.26. The van der Waals surface area contributed by atoms with Crippen molar-refractivity contribution in [1.29, 1.82) is 0 Å². The van der Waals surface area contributed by atoms with E-state index in [1.807, 2.05) is 24.7 Å². The standard InChI is InChI=1S/C25H35N3O2/c1-26(2)14-20-3-4-22-21-8-19(13-28(22)23(20)29)12-27(15-21)24(30)25-9-16-5-17(10-25)7-18(6-16)11-25/h3-4,16-19,21H,5-15H2,1-2H3/t16?,17?,18?,19-,21+,25?/m0/s1. The first kappa shape index (κ1) is 19.1. The molecule has 1 aromatic heterocycles. The van der Waals surface area contributed by atoms with Crippen molar-refractivity contribution in [3.63, 3.8) is 0 Å². The van der Waals surface area contributed by atoms with Crippen molar-refractivity contribution in [1.82, 2.24) is 14.4 Å². The summed E-state index contributed by atoms with van der Waals surface area (Å²) in [5, 5.41) is 0. The summed E-state index contributed by atoms with van der Waals surface area (Å²) < 4.78 is 2.03. The summed E-state index contributed by atoms with van der Waals surface area (Å²) in [6, 6.07) is 4.19. The number of piperidine rings is 1. The highest BCUT2D eigenvalue weighted by molar-refractivity contribution is 5.83. The van der Waals surface area contributed by atoms with E-state index >= 15 is 0 Å². The third kappa shape index (κ3) is 2.91.